The van der Waals surface area contributed by atoms with Gasteiger partial charge in [0.05, 0.1) is 11.5 Å². The third-order valence-electron chi connectivity index (χ3n) is 2.57. The van der Waals surface area contributed by atoms with Crippen molar-refractivity contribution in [1.29, 1.82) is 0 Å². The number of hydrogen-bond acceptors (Lipinski definition) is 3. The summed E-state index contributed by atoms with van der Waals surface area (Å²) < 4.78 is 28.3. The van der Waals surface area contributed by atoms with Gasteiger partial charge in [0, 0.05) is 0 Å². The molecule has 0 spiro atoms. The van der Waals surface area contributed by atoms with E-state index in [9.17, 15) is 8.42 Å². The fraction of sp³-hybridized carbons (Fsp3) is 0.500. The van der Waals surface area contributed by atoms with Crippen LogP contribution in [0.15, 0.2) is 17.0 Å². The summed E-state index contributed by atoms with van der Waals surface area (Å²) in [6.45, 7) is 8.29. The SMILES string of the molecule is Cc1c(OCC(C)C)ccc(S(N)(=O)=O)c1C. The van der Waals surface area contributed by atoms with Crippen molar-refractivity contribution in [3.8, 4) is 5.75 Å². The van der Waals surface area contributed by atoms with Crippen LogP contribution in [0.4, 0.5) is 0 Å². The fourth-order valence-electron chi connectivity index (χ4n) is 1.49. The Morgan fingerprint density at radius 1 is 1.24 bits per heavy atom. The van der Waals surface area contributed by atoms with E-state index in [1.807, 2.05) is 6.92 Å². The van der Waals surface area contributed by atoms with Gasteiger partial charge in [0.25, 0.3) is 0 Å². The third kappa shape index (κ3) is 3.44. The van der Waals surface area contributed by atoms with Crippen molar-refractivity contribution in [3.63, 3.8) is 0 Å². The lowest BCUT2D eigenvalue weighted by Gasteiger charge is -2.14. The lowest BCUT2D eigenvalue weighted by atomic mass is 10.1. The van der Waals surface area contributed by atoms with Crippen LogP contribution < -0.4 is 9.88 Å². The topological polar surface area (TPSA) is 69.4 Å². The van der Waals surface area contributed by atoms with Crippen molar-refractivity contribution in [3.05, 3.63) is 23.3 Å². The Kier molecular flexibility index (Phi) is 4.16. The number of nitrogens with two attached hydrogens (primary N) is 1. The zero-order valence-electron chi connectivity index (χ0n) is 10.6. The quantitative estimate of drug-likeness (QED) is 0.896. The van der Waals surface area contributed by atoms with Crippen molar-refractivity contribution in [2.45, 2.75) is 32.6 Å². The highest BCUT2D eigenvalue weighted by Gasteiger charge is 2.15. The van der Waals surface area contributed by atoms with Crippen LogP contribution in [0.3, 0.4) is 0 Å². The molecule has 0 radical (unpaired) electrons. The Hall–Kier alpha value is -1.07. The van der Waals surface area contributed by atoms with E-state index in [0.717, 1.165) is 5.56 Å². The predicted molar refractivity (Wildman–Crippen MR) is 67.6 cm³/mol. The maximum Gasteiger partial charge on any atom is 0.238 e. The van der Waals surface area contributed by atoms with Gasteiger partial charge in [-0.1, -0.05) is 13.8 Å². The summed E-state index contributed by atoms with van der Waals surface area (Å²) >= 11 is 0. The number of ether oxygens (including phenoxy) is 1. The highest BCUT2D eigenvalue weighted by molar-refractivity contribution is 7.89. The monoisotopic (exact) mass is 257 g/mol. The molecule has 0 aliphatic heterocycles. The average molecular weight is 257 g/mol. The molecule has 4 nitrogen and oxygen atoms in total. The maximum absolute atomic E-state index is 11.3. The highest BCUT2D eigenvalue weighted by atomic mass is 32.2. The molecule has 0 fully saturated rings. The Morgan fingerprint density at radius 3 is 2.29 bits per heavy atom. The van der Waals surface area contributed by atoms with Gasteiger partial charge < -0.3 is 4.74 Å². The molecule has 0 aliphatic rings. The minimum absolute atomic E-state index is 0.159. The summed E-state index contributed by atoms with van der Waals surface area (Å²) in [6.07, 6.45) is 0. The van der Waals surface area contributed by atoms with Gasteiger partial charge in [0.2, 0.25) is 10.0 Å². The van der Waals surface area contributed by atoms with E-state index in [0.29, 0.717) is 23.8 Å². The number of hydrogen-bond donors (Lipinski definition) is 1. The molecule has 1 rings (SSSR count). The van der Waals surface area contributed by atoms with Gasteiger partial charge in [-0.15, -0.1) is 0 Å². The molecule has 96 valence electrons. The molecule has 0 atom stereocenters. The molecule has 1 aromatic carbocycles. The summed E-state index contributed by atoms with van der Waals surface area (Å²) in [7, 11) is -3.66. The highest BCUT2D eigenvalue weighted by Crippen LogP contribution is 2.26. The van der Waals surface area contributed by atoms with Crippen LogP contribution in [0.25, 0.3) is 0 Å². The van der Waals surface area contributed by atoms with E-state index in [-0.39, 0.29) is 4.90 Å². The fourth-order valence-corrected chi connectivity index (χ4v) is 2.33. The van der Waals surface area contributed by atoms with E-state index in [4.69, 9.17) is 9.88 Å². The summed E-state index contributed by atoms with van der Waals surface area (Å²) in [5, 5.41) is 5.13. The van der Waals surface area contributed by atoms with Crippen molar-refractivity contribution < 1.29 is 13.2 Å². The molecule has 17 heavy (non-hydrogen) atoms. The second kappa shape index (κ2) is 5.06. The van der Waals surface area contributed by atoms with E-state index < -0.39 is 10.0 Å². The molecule has 0 unspecified atom stereocenters. The molecule has 0 saturated heterocycles. The van der Waals surface area contributed by atoms with Gasteiger partial charge in [0.15, 0.2) is 0 Å². The summed E-state index contributed by atoms with van der Waals surface area (Å²) in [6, 6.07) is 3.15. The minimum atomic E-state index is -3.66. The molecule has 0 bridgehead atoms. The lowest BCUT2D eigenvalue weighted by molar-refractivity contribution is 0.269. The molecular weight excluding hydrogens is 238 g/mol. The first-order valence-corrected chi connectivity index (χ1v) is 7.04. The molecule has 0 heterocycles. The summed E-state index contributed by atoms with van der Waals surface area (Å²) in [4.78, 5) is 0.159. The molecule has 5 heteroatoms. The third-order valence-corrected chi connectivity index (χ3v) is 3.62. The Morgan fingerprint density at radius 2 is 1.82 bits per heavy atom. The molecule has 0 saturated carbocycles. The van der Waals surface area contributed by atoms with E-state index in [1.165, 1.54) is 6.07 Å². The molecule has 0 aliphatic carbocycles. The van der Waals surface area contributed by atoms with Crippen molar-refractivity contribution in [2.75, 3.05) is 6.61 Å². The average Bonchev–Trinajstić information content (AvgIpc) is 2.18. The van der Waals surface area contributed by atoms with Crippen LogP contribution in [0.1, 0.15) is 25.0 Å². The Balaban J connectivity index is 3.11. The van der Waals surface area contributed by atoms with Crippen LogP contribution in [0.2, 0.25) is 0 Å². The van der Waals surface area contributed by atoms with Gasteiger partial charge in [0.1, 0.15) is 5.75 Å². The lowest BCUT2D eigenvalue weighted by Crippen LogP contribution is -2.15. The van der Waals surface area contributed by atoms with Crippen molar-refractivity contribution in [2.24, 2.45) is 11.1 Å². The maximum atomic E-state index is 11.3. The van der Waals surface area contributed by atoms with Crippen LogP contribution in [-0.4, -0.2) is 15.0 Å². The first-order valence-electron chi connectivity index (χ1n) is 5.49. The van der Waals surface area contributed by atoms with Crippen LogP contribution in [0, 0.1) is 19.8 Å². The Bertz CT molecular complexity index is 507. The molecular formula is C12H19NO3S. The first kappa shape index (κ1) is 14.0. The number of rotatable bonds is 4. The molecule has 0 amide bonds. The van der Waals surface area contributed by atoms with Gasteiger partial charge in [-0.3, -0.25) is 0 Å². The summed E-state index contributed by atoms with van der Waals surface area (Å²) in [5.41, 5.74) is 1.46. The second-order valence-electron chi connectivity index (χ2n) is 4.56. The predicted octanol–water partition coefficient (Wildman–Crippen LogP) is 1.99. The zero-order chi connectivity index (χ0) is 13.2. The van der Waals surface area contributed by atoms with Gasteiger partial charge >= 0.3 is 0 Å². The van der Waals surface area contributed by atoms with Gasteiger partial charge in [-0.05, 0) is 43.0 Å². The summed E-state index contributed by atoms with van der Waals surface area (Å²) in [5.74, 6) is 1.14. The number of benzene rings is 1. The largest absolute Gasteiger partial charge is 0.493 e. The van der Waals surface area contributed by atoms with Gasteiger partial charge in [-0.25, -0.2) is 13.6 Å². The van der Waals surface area contributed by atoms with E-state index in [1.54, 1.807) is 13.0 Å². The van der Waals surface area contributed by atoms with Crippen LogP contribution >= 0.6 is 0 Å². The standard InChI is InChI=1S/C12H19NO3S/c1-8(2)7-16-11-5-6-12(17(13,14)15)10(4)9(11)3/h5-6,8H,7H2,1-4H3,(H2,13,14,15). The number of sulfonamides is 1. The van der Waals surface area contributed by atoms with Crippen LogP contribution in [0.5, 0.6) is 5.75 Å². The van der Waals surface area contributed by atoms with Crippen molar-refractivity contribution >= 4 is 10.0 Å². The van der Waals surface area contributed by atoms with Crippen LogP contribution in [-0.2, 0) is 10.0 Å². The van der Waals surface area contributed by atoms with Gasteiger partial charge in [-0.2, -0.15) is 0 Å². The molecule has 2 N–H and O–H groups in total. The minimum Gasteiger partial charge on any atom is -0.493 e. The van der Waals surface area contributed by atoms with Crippen molar-refractivity contribution in [1.82, 2.24) is 0 Å². The number of primary sulfonamides is 1. The first-order chi connectivity index (χ1) is 7.73. The smallest absolute Gasteiger partial charge is 0.238 e. The molecule has 0 aromatic heterocycles. The normalized spacial score (nSPS) is 11.9. The second-order valence-corrected chi connectivity index (χ2v) is 6.09. The zero-order valence-corrected chi connectivity index (χ0v) is 11.5. The van der Waals surface area contributed by atoms with E-state index >= 15 is 0 Å². The van der Waals surface area contributed by atoms with E-state index in [2.05, 4.69) is 13.8 Å². The Labute approximate surface area is 103 Å². The molecule has 1 aromatic rings.